The molecule has 0 aromatic heterocycles. The Morgan fingerprint density at radius 2 is 2.00 bits per heavy atom. The van der Waals surface area contributed by atoms with Gasteiger partial charge in [-0.3, -0.25) is 0 Å². The molecule has 1 heteroatoms. The fourth-order valence-corrected chi connectivity index (χ4v) is 6.40. The van der Waals surface area contributed by atoms with Gasteiger partial charge in [0.15, 0.2) is 0 Å². The number of rotatable bonds is 2. The van der Waals surface area contributed by atoms with E-state index in [-0.39, 0.29) is 5.41 Å². The second-order valence-electron chi connectivity index (χ2n) is 9.20. The highest BCUT2D eigenvalue weighted by Gasteiger charge is 2.58. The Bertz CT molecular complexity index is 666. The number of methoxy groups -OCH3 is 1. The van der Waals surface area contributed by atoms with Gasteiger partial charge in [-0.25, -0.2) is 0 Å². The highest BCUT2D eigenvalue weighted by molar-refractivity contribution is 5.45. The van der Waals surface area contributed by atoms with Gasteiger partial charge in [-0.1, -0.05) is 44.6 Å². The Kier molecular flexibility index (Phi) is 3.47. The summed E-state index contributed by atoms with van der Waals surface area (Å²) in [5.74, 6) is 2.69. The quantitative estimate of drug-likeness (QED) is 0.549. The van der Waals surface area contributed by atoms with Crippen LogP contribution in [-0.2, 0) is 4.74 Å². The van der Waals surface area contributed by atoms with Crippen molar-refractivity contribution in [1.82, 2.24) is 0 Å². The summed E-state index contributed by atoms with van der Waals surface area (Å²) in [7, 11) is 1.81. The first-order valence-corrected chi connectivity index (χ1v) is 9.67. The summed E-state index contributed by atoms with van der Waals surface area (Å²) in [5.41, 5.74) is 4.15. The number of ether oxygens (including phenoxy) is 1. The summed E-state index contributed by atoms with van der Waals surface area (Å²) in [6.07, 6.45) is 17.1. The van der Waals surface area contributed by atoms with Crippen LogP contribution in [0.15, 0.2) is 47.8 Å². The van der Waals surface area contributed by atoms with E-state index in [9.17, 15) is 0 Å². The Labute approximate surface area is 147 Å². The maximum absolute atomic E-state index is 5.54. The van der Waals surface area contributed by atoms with Gasteiger partial charge < -0.3 is 4.74 Å². The number of allylic oxidation sites excluding steroid dienone is 7. The number of hydrogen-bond donors (Lipinski definition) is 0. The van der Waals surface area contributed by atoms with Crippen LogP contribution in [0.3, 0.4) is 0 Å². The molecule has 2 unspecified atom stereocenters. The third-order valence-electron chi connectivity index (χ3n) is 8.50. The molecule has 0 N–H and O–H groups in total. The van der Waals surface area contributed by atoms with Gasteiger partial charge in [0, 0.05) is 11.8 Å². The molecule has 4 aliphatic rings. The van der Waals surface area contributed by atoms with E-state index in [1.165, 1.54) is 37.7 Å². The van der Waals surface area contributed by atoms with Crippen molar-refractivity contribution in [2.45, 2.75) is 59.3 Å². The first-order valence-electron chi connectivity index (χ1n) is 9.67. The van der Waals surface area contributed by atoms with Crippen molar-refractivity contribution in [2.24, 2.45) is 28.1 Å². The Hall–Kier alpha value is -1.24. The van der Waals surface area contributed by atoms with E-state index in [0.29, 0.717) is 10.8 Å². The standard InChI is InChI=1S/C23H32O/c1-6-21(2)12-10-20-18-8-7-16-15-17(24-5)9-13-22(16,3)19(18)11-14-23(20,21)4/h6-7,11,15,18,20H,1,8-10,12-14H2,2-5H3/t18?,20?,21-,22+,23+/m1/s1. The van der Waals surface area contributed by atoms with Gasteiger partial charge in [0.2, 0.25) is 0 Å². The largest absolute Gasteiger partial charge is 0.501 e. The van der Waals surface area contributed by atoms with Crippen LogP contribution in [0.5, 0.6) is 0 Å². The summed E-state index contributed by atoms with van der Waals surface area (Å²) in [6, 6.07) is 0. The third kappa shape index (κ3) is 1.87. The van der Waals surface area contributed by atoms with Crippen LogP contribution in [-0.4, -0.2) is 7.11 Å². The zero-order valence-electron chi connectivity index (χ0n) is 15.8. The second-order valence-corrected chi connectivity index (χ2v) is 9.20. The Balaban J connectivity index is 1.75. The first kappa shape index (κ1) is 16.2. The average molecular weight is 325 g/mol. The molecule has 5 atom stereocenters. The lowest BCUT2D eigenvalue weighted by atomic mass is 9.50. The molecule has 4 aliphatic carbocycles. The maximum atomic E-state index is 5.54. The monoisotopic (exact) mass is 324 g/mol. The summed E-state index contributed by atoms with van der Waals surface area (Å²) < 4.78 is 5.54. The summed E-state index contributed by atoms with van der Waals surface area (Å²) in [6.45, 7) is 11.6. The Morgan fingerprint density at radius 3 is 2.71 bits per heavy atom. The van der Waals surface area contributed by atoms with Crippen LogP contribution in [0, 0.1) is 28.1 Å². The molecular weight excluding hydrogens is 292 g/mol. The van der Waals surface area contributed by atoms with E-state index in [1.54, 1.807) is 12.7 Å². The third-order valence-corrected chi connectivity index (χ3v) is 8.50. The predicted octanol–water partition coefficient (Wildman–Crippen LogP) is 6.20. The molecule has 4 rings (SSSR count). The molecule has 0 heterocycles. The average Bonchev–Trinajstić information content (AvgIpc) is 2.86. The molecule has 0 bridgehead atoms. The minimum Gasteiger partial charge on any atom is -0.501 e. The van der Waals surface area contributed by atoms with Gasteiger partial charge in [0.1, 0.15) is 0 Å². The molecule has 0 aliphatic heterocycles. The molecule has 0 amide bonds. The van der Waals surface area contributed by atoms with Crippen molar-refractivity contribution in [3.63, 3.8) is 0 Å². The molecule has 1 nitrogen and oxygen atoms in total. The number of fused-ring (bicyclic) bond motifs is 5. The lowest BCUT2D eigenvalue weighted by Crippen LogP contribution is -2.45. The lowest BCUT2D eigenvalue weighted by Gasteiger charge is -2.54. The van der Waals surface area contributed by atoms with Gasteiger partial charge >= 0.3 is 0 Å². The lowest BCUT2D eigenvalue weighted by molar-refractivity contribution is 0.0635. The van der Waals surface area contributed by atoms with Gasteiger partial charge in [0.05, 0.1) is 12.9 Å². The SMILES string of the molecule is C=C[C@]1(C)CCC2C3CC=C4C=C(OC)CC[C@]4(C)C3=CC[C@@]21C. The molecule has 24 heavy (non-hydrogen) atoms. The predicted molar refractivity (Wildman–Crippen MR) is 100 cm³/mol. The summed E-state index contributed by atoms with van der Waals surface area (Å²) in [4.78, 5) is 0. The highest BCUT2D eigenvalue weighted by Crippen LogP contribution is 2.67. The van der Waals surface area contributed by atoms with E-state index >= 15 is 0 Å². The zero-order valence-corrected chi connectivity index (χ0v) is 15.8. The normalized spacial score (nSPS) is 46.8. The van der Waals surface area contributed by atoms with Gasteiger partial charge in [-0.2, -0.15) is 0 Å². The smallest absolute Gasteiger partial charge is 0.0958 e. The van der Waals surface area contributed by atoms with Gasteiger partial charge in [-0.15, -0.1) is 6.58 Å². The molecule has 0 aromatic rings. The zero-order chi connectivity index (χ0) is 17.2. The van der Waals surface area contributed by atoms with Crippen molar-refractivity contribution in [3.05, 3.63) is 47.8 Å². The van der Waals surface area contributed by atoms with Crippen molar-refractivity contribution in [2.75, 3.05) is 7.11 Å². The Morgan fingerprint density at radius 1 is 1.21 bits per heavy atom. The van der Waals surface area contributed by atoms with Crippen LogP contribution in [0.1, 0.15) is 59.3 Å². The fraction of sp³-hybridized carbons (Fsp3) is 0.652. The fourth-order valence-electron chi connectivity index (χ4n) is 6.40. The van der Waals surface area contributed by atoms with Crippen molar-refractivity contribution in [3.8, 4) is 0 Å². The molecule has 0 spiro atoms. The van der Waals surface area contributed by atoms with Crippen LogP contribution < -0.4 is 0 Å². The van der Waals surface area contributed by atoms with Crippen LogP contribution >= 0.6 is 0 Å². The first-order chi connectivity index (χ1) is 11.4. The van der Waals surface area contributed by atoms with Crippen molar-refractivity contribution >= 4 is 0 Å². The molecule has 1 fully saturated rings. The maximum Gasteiger partial charge on any atom is 0.0958 e. The van der Waals surface area contributed by atoms with Crippen LogP contribution in [0.25, 0.3) is 0 Å². The van der Waals surface area contributed by atoms with E-state index in [0.717, 1.165) is 24.0 Å². The molecule has 0 radical (unpaired) electrons. The van der Waals surface area contributed by atoms with Gasteiger partial charge in [0.25, 0.3) is 0 Å². The molecular formula is C23H32O. The molecule has 130 valence electrons. The topological polar surface area (TPSA) is 9.23 Å². The second kappa shape index (κ2) is 5.13. The van der Waals surface area contributed by atoms with Crippen molar-refractivity contribution in [1.29, 1.82) is 0 Å². The molecule has 0 aromatic carbocycles. The van der Waals surface area contributed by atoms with Crippen LogP contribution in [0.4, 0.5) is 0 Å². The number of hydrogen-bond acceptors (Lipinski definition) is 1. The molecule has 0 saturated heterocycles. The van der Waals surface area contributed by atoms with E-state index < -0.39 is 0 Å². The van der Waals surface area contributed by atoms with Gasteiger partial charge in [-0.05, 0) is 66.4 Å². The molecule has 1 saturated carbocycles. The summed E-state index contributed by atoms with van der Waals surface area (Å²) >= 11 is 0. The van der Waals surface area contributed by atoms with E-state index in [2.05, 4.69) is 51.7 Å². The van der Waals surface area contributed by atoms with Crippen LogP contribution in [0.2, 0.25) is 0 Å². The highest BCUT2D eigenvalue weighted by atomic mass is 16.5. The van der Waals surface area contributed by atoms with E-state index in [4.69, 9.17) is 4.74 Å². The van der Waals surface area contributed by atoms with E-state index in [1.807, 2.05) is 0 Å². The van der Waals surface area contributed by atoms with Crippen molar-refractivity contribution < 1.29 is 4.74 Å². The minimum absolute atomic E-state index is 0.236. The minimum atomic E-state index is 0.236. The summed E-state index contributed by atoms with van der Waals surface area (Å²) in [5, 5.41) is 0.